The number of benzene rings is 1. The first-order valence-electron chi connectivity index (χ1n) is 8.82. The molecule has 2 N–H and O–H groups in total. The molecular formula is C19H30N2. The fourth-order valence-corrected chi connectivity index (χ4v) is 3.93. The van der Waals surface area contributed by atoms with E-state index < -0.39 is 0 Å². The summed E-state index contributed by atoms with van der Waals surface area (Å²) < 4.78 is 0. The average molecular weight is 286 g/mol. The maximum Gasteiger partial charge on any atom is 0.0253 e. The van der Waals surface area contributed by atoms with Crippen molar-refractivity contribution in [2.75, 3.05) is 13.1 Å². The quantitative estimate of drug-likeness (QED) is 0.862. The molecule has 0 aromatic heterocycles. The Kier molecular flexibility index (Phi) is 4.97. The summed E-state index contributed by atoms with van der Waals surface area (Å²) in [6, 6.07) is 12.0. The average Bonchev–Trinajstić information content (AvgIpc) is 3.32. The van der Waals surface area contributed by atoms with E-state index in [2.05, 4.69) is 42.2 Å². The molecule has 3 unspecified atom stereocenters. The van der Waals surface area contributed by atoms with Gasteiger partial charge in [0.2, 0.25) is 0 Å². The highest BCUT2D eigenvalue weighted by Gasteiger charge is 2.35. The van der Waals surface area contributed by atoms with Gasteiger partial charge in [-0.1, -0.05) is 37.3 Å². The maximum absolute atomic E-state index is 6.50. The second-order valence-corrected chi connectivity index (χ2v) is 7.09. The lowest BCUT2D eigenvalue weighted by atomic mass is 9.78. The third-order valence-corrected chi connectivity index (χ3v) is 5.31. The minimum absolute atomic E-state index is 0.371. The van der Waals surface area contributed by atoms with Gasteiger partial charge in [-0.2, -0.15) is 0 Å². The molecule has 2 nitrogen and oxygen atoms in total. The van der Waals surface area contributed by atoms with Gasteiger partial charge in [0.25, 0.3) is 0 Å². The molecule has 0 saturated heterocycles. The van der Waals surface area contributed by atoms with Crippen molar-refractivity contribution in [2.24, 2.45) is 11.7 Å². The highest BCUT2D eigenvalue weighted by molar-refractivity contribution is 5.21. The lowest BCUT2D eigenvalue weighted by molar-refractivity contribution is 0.122. The Balaban J connectivity index is 1.69. The predicted octanol–water partition coefficient (Wildman–Crippen LogP) is 3.77. The molecule has 0 bridgehead atoms. The molecule has 3 rings (SSSR count). The smallest absolute Gasteiger partial charge is 0.0253 e. The first-order chi connectivity index (χ1) is 10.3. The summed E-state index contributed by atoms with van der Waals surface area (Å²) in [5.41, 5.74) is 8.02. The molecule has 2 aliphatic rings. The minimum atomic E-state index is 0.371. The van der Waals surface area contributed by atoms with Crippen molar-refractivity contribution in [3.8, 4) is 0 Å². The summed E-state index contributed by atoms with van der Waals surface area (Å²) in [7, 11) is 0. The van der Waals surface area contributed by atoms with Crippen LogP contribution in [0.25, 0.3) is 0 Å². The first kappa shape index (κ1) is 15.1. The van der Waals surface area contributed by atoms with Crippen molar-refractivity contribution >= 4 is 0 Å². The van der Waals surface area contributed by atoms with Crippen LogP contribution in [-0.2, 0) is 0 Å². The molecule has 0 heterocycles. The standard InChI is InChI=1S/C19H30N2/c1-2-12-21(14-15-8-9-15)19-13-17(10-11-18(19)20)16-6-4-3-5-7-16/h3-7,15,17-19H,2,8-14,20H2,1H3. The fourth-order valence-electron chi connectivity index (χ4n) is 3.93. The molecule has 0 amide bonds. The van der Waals surface area contributed by atoms with Crippen LogP contribution in [0.15, 0.2) is 30.3 Å². The van der Waals surface area contributed by atoms with Crippen LogP contribution in [0.3, 0.4) is 0 Å². The van der Waals surface area contributed by atoms with E-state index in [4.69, 9.17) is 5.73 Å². The summed E-state index contributed by atoms with van der Waals surface area (Å²) >= 11 is 0. The highest BCUT2D eigenvalue weighted by atomic mass is 15.2. The summed E-state index contributed by atoms with van der Waals surface area (Å²) in [5, 5.41) is 0. The molecule has 21 heavy (non-hydrogen) atoms. The van der Waals surface area contributed by atoms with E-state index in [1.807, 2.05) is 0 Å². The lowest BCUT2D eigenvalue weighted by Gasteiger charge is -2.41. The summed E-state index contributed by atoms with van der Waals surface area (Å²) in [6.07, 6.45) is 7.79. The van der Waals surface area contributed by atoms with Crippen molar-refractivity contribution in [2.45, 2.75) is 63.5 Å². The SMILES string of the molecule is CCCN(CC1CC1)C1CC(c2ccccc2)CCC1N. The predicted molar refractivity (Wildman–Crippen MR) is 89.4 cm³/mol. The molecule has 0 aliphatic heterocycles. The molecule has 2 heteroatoms. The summed E-state index contributed by atoms with van der Waals surface area (Å²) in [5.74, 6) is 1.66. The van der Waals surface area contributed by atoms with Gasteiger partial charge in [0, 0.05) is 18.6 Å². The van der Waals surface area contributed by atoms with E-state index in [1.165, 1.54) is 57.2 Å². The molecule has 2 fully saturated rings. The fraction of sp³-hybridized carbons (Fsp3) is 0.684. The van der Waals surface area contributed by atoms with Gasteiger partial charge in [-0.05, 0) is 62.5 Å². The Morgan fingerprint density at radius 1 is 1.10 bits per heavy atom. The van der Waals surface area contributed by atoms with E-state index in [9.17, 15) is 0 Å². The number of nitrogens with zero attached hydrogens (tertiary/aromatic N) is 1. The molecule has 116 valence electrons. The summed E-state index contributed by atoms with van der Waals surface area (Å²) in [4.78, 5) is 2.72. The topological polar surface area (TPSA) is 29.3 Å². The molecular weight excluding hydrogens is 256 g/mol. The molecule has 2 aliphatic carbocycles. The van der Waals surface area contributed by atoms with E-state index in [1.54, 1.807) is 0 Å². The second kappa shape index (κ2) is 6.93. The molecule has 2 saturated carbocycles. The zero-order chi connectivity index (χ0) is 14.7. The van der Waals surface area contributed by atoms with Crippen LogP contribution in [0.1, 0.15) is 56.9 Å². The van der Waals surface area contributed by atoms with Crippen LogP contribution in [0.4, 0.5) is 0 Å². The Bertz CT molecular complexity index is 426. The van der Waals surface area contributed by atoms with Crippen molar-refractivity contribution < 1.29 is 0 Å². The molecule has 3 atom stereocenters. The van der Waals surface area contributed by atoms with E-state index in [-0.39, 0.29) is 0 Å². The Morgan fingerprint density at radius 3 is 2.52 bits per heavy atom. The van der Waals surface area contributed by atoms with Crippen LogP contribution in [0.2, 0.25) is 0 Å². The first-order valence-corrected chi connectivity index (χ1v) is 8.82. The second-order valence-electron chi connectivity index (χ2n) is 7.09. The Hall–Kier alpha value is -0.860. The number of hydrogen-bond donors (Lipinski definition) is 1. The van der Waals surface area contributed by atoms with Gasteiger partial charge in [0.1, 0.15) is 0 Å². The van der Waals surface area contributed by atoms with Crippen molar-refractivity contribution in [1.29, 1.82) is 0 Å². The zero-order valence-electron chi connectivity index (χ0n) is 13.4. The molecule has 1 aromatic rings. The summed E-state index contributed by atoms with van der Waals surface area (Å²) in [6.45, 7) is 4.80. The lowest BCUT2D eigenvalue weighted by Crippen LogP contribution is -2.51. The number of hydrogen-bond acceptors (Lipinski definition) is 2. The van der Waals surface area contributed by atoms with E-state index >= 15 is 0 Å². The van der Waals surface area contributed by atoms with Crippen molar-refractivity contribution in [1.82, 2.24) is 4.90 Å². The van der Waals surface area contributed by atoms with E-state index in [0.29, 0.717) is 18.0 Å². The zero-order valence-corrected chi connectivity index (χ0v) is 13.4. The van der Waals surface area contributed by atoms with Gasteiger partial charge < -0.3 is 5.73 Å². The third kappa shape index (κ3) is 3.87. The van der Waals surface area contributed by atoms with Gasteiger partial charge in [0.15, 0.2) is 0 Å². The van der Waals surface area contributed by atoms with Crippen LogP contribution in [-0.4, -0.2) is 30.1 Å². The van der Waals surface area contributed by atoms with Crippen LogP contribution in [0.5, 0.6) is 0 Å². The monoisotopic (exact) mass is 286 g/mol. The van der Waals surface area contributed by atoms with Gasteiger partial charge in [0.05, 0.1) is 0 Å². The van der Waals surface area contributed by atoms with Gasteiger partial charge >= 0.3 is 0 Å². The van der Waals surface area contributed by atoms with Gasteiger partial charge in [-0.15, -0.1) is 0 Å². The highest BCUT2D eigenvalue weighted by Crippen LogP contribution is 2.37. The number of nitrogens with two attached hydrogens (primary N) is 1. The van der Waals surface area contributed by atoms with Gasteiger partial charge in [-0.3, -0.25) is 4.90 Å². The molecule has 0 spiro atoms. The Labute approximate surface area is 129 Å². The minimum Gasteiger partial charge on any atom is -0.326 e. The molecule has 1 aromatic carbocycles. The van der Waals surface area contributed by atoms with Gasteiger partial charge in [-0.25, -0.2) is 0 Å². The largest absolute Gasteiger partial charge is 0.326 e. The Morgan fingerprint density at radius 2 is 1.86 bits per heavy atom. The van der Waals surface area contributed by atoms with E-state index in [0.717, 1.165) is 5.92 Å². The van der Waals surface area contributed by atoms with Crippen LogP contribution in [0, 0.1) is 5.92 Å². The van der Waals surface area contributed by atoms with Crippen LogP contribution < -0.4 is 5.73 Å². The number of rotatable bonds is 6. The normalized spacial score (nSPS) is 29.8. The maximum atomic E-state index is 6.50. The third-order valence-electron chi connectivity index (χ3n) is 5.31. The van der Waals surface area contributed by atoms with Crippen LogP contribution >= 0.6 is 0 Å². The van der Waals surface area contributed by atoms with Crippen molar-refractivity contribution in [3.63, 3.8) is 0 Å². The molecule has 0 radical (unpaired) electrons. The van der Waals surface area contributed by atoms with Crippen molar-refractivity contribution in [3.05, 3.63) is 35.9 Å².